The number of nitrogens with zero attached hydrogens (tertiary/aromatic N) is 1. The summed E-state index contributed by atoms with van der Waals surface area (Å²) < 4.78 is 0. The summed E-state index contributed by atoms with van der Waals surface area (Å²) in [5, 5.41) is 14.9. The minimum atomic E-state index is -0.414. The third-order valence-corrected chi connectivity index (χ3v) is 5.43. The van der Waals surface area contributed by atoms with Crippen molar-refractivity contribution in [3.05, 3.63) is 51.5 Å². The Hall–Kier alpha value is -1.23. The van der Waals surface area contributed by atoms with Crippen LogP contribution in [0.4, 0.5) is 0 Å². The Kier molecular flexibility index (Phi) is 3.86. The van der Waals surface area contributed by atoms with Gasteiger partial charge in [-0.25, -0.2) is 4.98 Å². The molecule has 3 rings (SSSR count). The highest BCUT2D eigenvalue weighted by molar-refractivity contribution is 7.11. The fourth-order valence-corrected chi connectivity index (χ4v) is 3.64. The van der Waals surface area contributed by atoms with Crippen molar-refractivity contribution in [1.29, 1.82) is 0 Å². The molecule has 1 heterocycles. The normalized spacial score (nSPS) is 21.5. The number of nitrogens with one attached hydrogen (secondary N) is 1. The monoisotopic (exact) mass is 302 g/mol. The first kappa shape index (κ1) is 14.7. The van der Waals surface area contributed by atoms with Crippen molar-refractivity contribution in [1.82, 2.24) is 10.3 Å². The van der Waals surface area contributed by atoms with E-state index in [0.717, 1.165) is 23.5 Å². The lowest BCUT2D eigenvalue weighted by atomic mass is 9.96. The van der Waals surface area contributed by atoms with E-state index in [4.69, 9.17) is 0 Å². The van der Waals surface area contributed by atoms with E-state index < -0.39 is 6.10 Å². The molecule has 0 unspecified atom stereocenters. The topological polar surface area (TPSA) is 45.2 Å². The molecule has 2 N–H and O–H groups in total. The summed E-state index contributed by atoms with van der Waals surface area (Å²) in [6.07, 6.45) is 2.44. The lowest BCUT2D eigenvalue weighted by Gasteiger charge is -2.16. The molecular weight excluding hydrogens is 280 g/mol. The molecule has 3 nitrogen and oxygen atoms in total. The van der Waals surface area contributed by atoms with Gasteiger partial charge in [0.25, 0.3) is 0 Å². The molecule has 0 bridgehead atoms. The molecule has 0 spiro atoms. The first-order valence-electron chi connectivity index (χ1n) is 7.39. The van der Waals surface area contributed by atoms with E-state index in [2.05, 4.69) is 37.1 Å². The number of aliphatic hydroxyl groups excluding tert-OH is 1. The molecule has 0 aliphatic heterocycles. The second-order valence-electron chi connectivity index (χ2n) is 6.70. The summed E-state index contributed by atoms with van der Waals surface area (Å²) in [4.78, 5) is 5.79. The minimum Gasteiger partial charge on any atom is -0.387 e. The molecule has 0 radical (unpaired) electrons. The highest BCUT2D eigenvalue weighted by Gasteiger charge is 2.30. The van der Waals surface area contributed by atoms with E-state index in [0.29, 0.717) is 0 Å². The van der Waals surface area contributed by atoms with E-state index in [-0.39, 0.29) is 11.5 Å². The van der Waals surface area contributed by atoms with E-state index in [1.54, 1.807) is 11.3 Å². The van der Waals surface area contributed by atoms with Gasteiger partial charge in [-0.1, -0.05) is 45.0 Å². The van der Waals surface area contributed by atoms with Crippen molar-refractivity contribution in [2.75, 3.05) is 0 Å². The van der Waals surface area contributed by atoms with Crippen LogP contribution in [0.3, 0.4) is 0 Å². The number of aliphatic hydroxyl groups is 1. The molecule has 0 fully saturated rings. The molecule has 112 valence electrons. The Labute approximate surface area is 130 Å². The Morgan fingerprint density at radius 1 is 1.33 bits per heavy atom. The maximum Gasteiger partial charge on any atom is 0.107 e. The molecule has 1 aromatic carbocycles. The quantitative estimate of drug-likeness (QED) is 0.915. The molecule has 2 atom stereocenters. The summed E-state index contributed by atoms with van der Waals surface area (Å²) in [7, 11) is 0. The molecule has 4 heteroatoms. The van der Waals surface area contributed by atoms with Crippen LogP contribution in [0.2, 0.25) is 0 Å². The molecule has 0 saturated carbocycles. The summed E-state index contributed by atoms with van der Waals surface area (Å²) in [6.45, 7) is 7.33. The van der Waals surface area contributed by atoms with Crippen LogP contribution >= 0.6 is 11.3 Å². The predicted molar refractivity (Wildman–Crippen MR) is 86.5 cm³/mol. The second kappa shape index (κ2) is 5.52. The Bertz CT molecular complexity index is 630. The highest BCUT2D eigenvalue weighted by Crippen LogP contribution is 2.32. The molecule has 0 amide bonds. The average Bonchev–Trinajstić information content (AvgIpc) is 3.02. The van der Waals surface area contributed by atoms with Crippen molar-refractivity contribution in [3.8, 4) is 0 Å². The van der Waals surface area contributed by atoms with Gasteiger partial charge in [-0.3, -0.25) is 0 Å². The summed E-state index contributed by atoms with van der Waals surface area (Å²) >= 11 is 1.75. The maximum atomic E-state index is 10.4. The van der Waals surface area contributed by atoms with Gasteiger partial charge in [0, 0.05) is 23.7 Å². The summed E-state index contributed by atoms with van der Waals surface area (Å²) in [5.41, 5.74) is 2.46. The van der Waals surface area contributed by atoms with Crippen molar-refractivity contribution < 1.29 is 5.11 Å². The fraction of sp³-hybridized carbons (Fsp3) is 0.471. The smallest absolute Gasteiger partial charge is 0.107 e. The first-order valence-corrected chi connectivity index (χ1v) is 8.21. The van der Waals surface area contributed by atoms with Gasteiger partial charge in [-0.15, -0.1) is 11.3 Å². The third-order valence-electron chi connectivity index (χ3n) is 4.00. The van der Waals surface area contributed by atoms with Gasteiger partial charge in [-0.2, -0.15) is 0 Å². The van der Waals surface area contributed by atoms with Crippen LogP contribution in [0.25, 0.3) is 0 Å². The molecule has 21 heavy (non-hydrogen) atoms. The van der Waals surface area contributed by atoms with Crippen molar-refractivity contribution in [3.63, 3.8) is 0 Å². The molecule has 0 saturated heterocycles. The zero-order chi connectivity index (χ0) is 15.0. The van der Waals surface area contributed by atoms with E-state index >= 15 is 0 Å². The number of hydrogen-bond donors (Lipinski definition) is 2. The van der Waals surface area contributed by atoms with Crippen LogP contribution in [-0.2, 0) is 18.4 Å². The van der Waals surface area contributed by atoms with Crippen molar-refractivity contribution in [2.24, 2.45) is 0 Å². The largest absolute Gasteiger partial charge is 0.387 e. The Balaban J connectivity index is 1.63. The van der Waals surface area contributed by atoms with Gasteiger partial charge in [0.15, 0.2) is 0 Å². The van der Waals surface area contributed by atoms with Crippen molar-refractivity contribution >= 4 is 11.3 Å². The van der Waals surface area contributed by atoms with Crippen molar-refractivity contribution in [2.45, 2.75) is 51.3 Å². The number of fused-ring (bicyclic) bond motifs is 1. The molecule has 1 aliphatic carbocycles. The van der Waals surface area contributed by atoms with Crippen LogP contribution in [0, 0.1) is 0 Å². The van der Waals surface area contributed by atoms with E-state index in [1.165, 1.54) is 10.4 Å². The van der Waals surface area contributed by atoms with Gasteiger partial charge >= 0.3 is 0 Å². The van der Waals surface area contributed by atoms with Gasteiger partial charge in [-0.05, 0) is 23.0 Å². The second-order valence-corrected chi connectivity index (χ2v) is 7.82. The number of rotatable bonds is 3. The van der Waals surface area contributed by atoms with Crippen LogP contribution in [0.5, 0.6) is 0 Å². The van der Waals surface area contributed by atoms with E-state index in [9.17, 15) is 5.11 Å². The molecule has 1 aromatic heterocycles. The SMILES string of the molecule is CC(C)(C)c1cnc(CN[C@H]2Cc3ccccc3[C@H]2O)s1. The van der Waals surface area contributed by atoms with E-state index in [1.807, 2.05) is 24.4 Å². The first-order chi connectivity index (χ1) is 9.95. The minimum absolute atomic E-state index is 0.0874. The van der Waals surface area contributed by atoms with Crippen LogP contribution in [-0.4, -0.2) is 16.1 Å². The van der Waals surface area contributed by atoms with Gasteiger partial charge < -0.3 is 10.4 Å². The number of hydrogen-bond acceptors (Lipinski definition) is 4. The lowest BCUT2D eigenvalue weighted by Crippen LogP contribution is -2.32. The predicted octanol–water partition coefficient (Wildman–Crippen LogP) is 3.19. The summed E-state index contributed by atoms with van der Waals surface area (Å²) in [6, 6.07) is 8.22. The van der Waals surface area contributed by atoms with Crippen LogP contribution in [0.15, 0.2) is 30.5 Å². The molecule has 1 aliphatic rings. The van der Waals surface area contributed by atoms with Gasteiger partial charge in [0.05, 0.1) is 6.10 Å². The lowest BCUT2D eigenvalue weighted by molar-refractivity contribution is 0.141. The van der Waals surface area contributed by atoms with Gasteiger partial charge in [0.1, 0.15) is 5.01 Å². The van der Waals surface area contributed by atoms with Crippen LogP contribution < -0.4 is 5.32 Å². The Morgan fingerprint density at radius 2 is 2.10 bits per heavy atom. The maximum absolute atomic E-state index is 10.4. The fourth-order valence-electron chi connectivity index (χ4n) is 2.71. The highest BCUT2D eigenvalue weighted by atomic mass is 32.1. The van der Waals surface area contributed by atoms with Gasteiger partial charge in [0.2, 0.25) is 0 Å². The number of benzene rings is 1. The third kappa shape index (κ3) is 3.03. The Morgan fingerprint density at radius 3 is 2.76 bits per heavy atom. The average molecular weight is 302 g/mol. The summed E-state index contributed by atoms with van der Waals surface area (Å²) in [5.74, 6) is 0. The zero-order valence-corrected chi connectivity index (χ0v) is 13.6. The number of aromatic nitrogens is 1. The molecular formula is C17H22N2OS. The van der Waals surface area contributed by atoms with Crippen LogP contribution in [0.1, 0.15) is 47.9 Å². The zero-order valence-electron chi connectivity index (χ0n) is 12.8. The number of thiazole rings is 1. The standard InChI is InChI=1S/C17H22N2OS/c1-17(2,3)14-9-19-15(21-14)10-18-13-8-11-6-4-5-7-12(11)16(13)20/h4-7,9,13,16,18,20H,8,10H2,1-3H3/t13-,16+/m0/s1. The molecule has 2 aromatic rings.